The minimum atomic E-state index is -0.663. The molecule has 0 aromatic heterocycles. The molecular weight excluding hydrogens is 771 g/mol. The van der Waals surface area contributed by atoms with Crippen molar-refractivity contribution in [2.24, 2.45) is 0 Å². The molecule has 63 heavy (non-hydrogen) atoms. The third-order valence-corrected chi connectivity index (χ3v) is 13.7. The van der Waals surface area contributed by atoms with Crippen LogP contribution in [0.5, 0.6) is 0 Å². The maximum Gasteiger partial charge on any atom is 0.220 e. The van der Waals surface area contributed by atoms with Crippen LogP contribution in [0, 0.1) is 0 Å². The van der Waals surface area contributed by atoms with Gasteiger partial charge in [-0.05, 0) is 44.9 Å². The Morgan fingerprint density at radius 2 is 0.651 bits per heavy atom. The van der Waals surface area contributed by atoms with E-state index in [0.717, 1.165) is 32.1 Å². The molecular formula is C59H115NO3. The summed E-state index contributed by atoms with van der Waals surface area (Å²) in [5, 5.41) is 23.3. The Morgan fingerprint density at radius 3 is 0.968 bits per heavy atom. The van der Waals surface area contributed by atoms with Crippen molar-refractivity contribution >= 4 is 5.91 Å². The van der Waals surface area contributed by atoms with Crippen LogP contribution in [0.15, 0.2) is 24.3 Å². The predicted octanol–water partition coefficient (Wildman–Crippen LogP) is 19.1. The first-order valence-corrected chi connectivity index (χ1v) is 29.0. The summed E-state index contributed by atoms with van der Waals surface area (Å²) >= 11 is 0. The van der Waals surface area contributed by atoms with E-state index in [1.54, 1.807) is 0 Å². The summed E-state index contributed by atoms with van der Waals surface area (Å²) in [7, 11) is 0. The lowest BCUT2D eigenvalue weighted by molar-refractivity contribution is -0.123. The number of nitrogens with one attached hydrogen (secondary N) is 1. The van der Waals surface area contributed by atoms with Crippen LogP contribution in [0.3, 0.4) is 0 Å². The van der Waals surface area contributed by atoms with Crippen molar-refractivity contribution in [1.29, 1.82) is 0 Å². The molecule has 4 heteroatoms. The number of rotatable bonds is 54. The van der Waals surface area contributed by atoms with E-state index in [1.807, 2.05) is 0 Å². The van der Waals surface area contributed by atoms with E-state index in [1.165, 1.54) is 270 Å². The minimum absolute atomic E-state index is 0.0348. The molecule has 0 fully saturated rings. The molecule has 1 amide bonds. The predicted molar refractivity (Wildman–Crippen MR) is 281 cm³/mol. The Bertz CT molecular complexity index is 916. The summed E-state index contributed by atoms with van der Waals surface area (Å²) in [6.45, 7) is 4.37. The number of hydrogen-bond donors (Lipinski definition) is 3. The topological polar surface area (TPSA) is 69.6 Å². The average Bonchev–Trinajstić information content (AvgIpc) is 3.29. The van der Waals surface area contributed by atoms with E-state index in [4.69, 9.17) is 0 Å². The fraction of sp³-hybridized carbons (Fsp3) is 0.915. The van der Waals surface area contributed by atoms with Gasteiger partial charge in [0.1, 0.15) is 0 Å². The highest BCUT2D eigenvalue weighted by atomic mass is 16.3. The standard InChI is InChI=1S/C59H115NO3/c1-3-5-7-9-11-13-15-17-19-21-23-24-25-26-27-28-29-30-31-32-33-34-35-36-37-38-40-42-44-46-48-50-52-54-58(62)57(56-61)60-59(63)55-53-51-49-47-45-43-41-39-22-20-18-16-14-12-10-8-6-4-2/h14,16,20,22,57-58,61-62H,3-13,15,17-19,21,23-56H2,1-2H3,(H,60,63)/b16-14-,22-20-. The molecule has 0 aliphatic heterocycles. The van der Waals surface area contributed by atoms with Crippen molar-refractivity contribution in [3.8, 4) is 0 Å². The highest BCUT2D eigenvalue weighted by Gasteiger charge is 2.20. The van der Waals surface area contributed by atoms with Gasteiger partial charge in [0.15, 0.2) is 0 Å². The van der Waals surface area contributed by atoms with Gasteiger partial charge in [-0.2, -0.15) is 0 Å². The zero-order chi connectivity index (χ0) is 45.6. The van der Waals surface area contributed by atoms with Crippen molar-refractivity contribution in [2.75, 3.05) is 6.61 Å². The van der Waals surface area contributed by atoms with Crippen molar-refractivity contribution in [1.82, 2.24) is 5.32 Å². The summed E-state index contributed by atoms with van der Waals surface area (Å²) in [4.78, 5) is 12.5. The normalized spacial score (nSPS) is 12.9. The quantitative estimate of drug-likeness (QED) is 0.0421. The second kappa shape index (κ2) is 55.2. The summed E-state index contributed by atoms with van der Waals surface area (Å²) in [5.41, 5.74) is 0. The molecule has 3 N–H and O–H groups in total. The van der Waals surface area contributed by atoms with Gasteiger partial charge in [0.05, 0.1) is 18.8 Å². The first-order chi connectivity index (χ1) is 31.2. The first kappa shape index (κ1) is 61.9. The molecule has 0 aliphatic rings. The average molecular weight is 887 g/mol. The van der Waals surface area contributed by atoms with Crippen molar-refractivity contribution in [3.63, 3.8) is 0 Å². The molecule has 0 aliphatic carbocycles. The highest BCUT2D eigenvalue weighted by Crippen LogP contribution is 2.18. The van der Waals surface area contributed by atoms with Crippen LogP contribution in [0.25, 0.3) is 0 Å². The van der Waals surface area contributed by atoms with E-state index < -0.39 is 12.1 Å². The molecule has 0 radical (unpaired) electrons. The highest BCUT2D eigenvalue weighted by molar-refractivity contribution is 5.76. The largest absolute Gasteiger partial charge is 0.394 e. The number of amides is 1. The minimum Gasteiger partial charge on any atom is -0.394 e. The fourth-order valence-corrected chi connectivity index (χ4v) is 9.28. The van der Waals surface area contributed by atoms with Crippen LogP contribution in [0.2, 0.25) is 0 Å². The Labute approximate surface area is 396 Å². The van der Waals surface area contributed by atoms with E-state index in [0.29, 0.717) is 12.8 Å². The zero-order valence-corrected chi connectivity index (χ0v) is 43.1. The third-order valence-electron chi connectivity index (χ3n) is 13.7. The molecule has 0 spiro atoms. The van der Waals surface area contributed by atoms with Gasteiger partial charge in [0.2, 0.25) is 5.91 Å². The smallest absolute Gasteiger partial charge is 0.220 e. The van der Waals surface area contributed by atoms with Crippen LogP contribution in [-0.4, -0.2) is 34.9 Å². The zero-order valence-electron chi connectivity index (χ0n) is 43.1. The number of unbranched alkanes of at least 4 members (excludes halogenated alkanes) is 43. The van der Waals surface area contributed by atoms with Gasteiger partial charge in [0.25, 0.3) is 0 Å². The second-order valence-electron chi connectivity index (χ2n) is 20.1. The van der Waals surface area contributed by atoms with Crippen molar-refractivity contribution in [3.05, 3.63) is 24.3 Å². The van der Waals surface area contributed by atoms with Crippen LogP contribution in [0.1, 0.15) is 328 Å². The van der Waals surface area contributed by atoms with Gasteiger partial charge in [-0.1, -0.05) is 301 Å². The van der Waals surface area contributed by atoms with E-state index in [9.17, 15) is 15.0 Å². The molecule has 0 rings (SSSR count). The molecule has 2 atom stereocenters. The SMILES string of the molecule is CCCCCC/C=C\C/C=C\CCCCCCCCCC(=O)NC(CO)C(O)CCCCCCCCCCCCCCCCCCCCCCCCCCCCCCCCCCC. The molecule has 0 saturated heterocycles. The van der Waals surface area contributed by atoms with Gasteiger partial charge in [-0.15, -0.1) is 0 Å². The van der Waals surface area contributed by atoms with Crippen LogP contribution in [0.4, 0.5) is 0 Å². The summed E-state index contributed by atoms with van der Waals surface area (Å²) in [5.74, 6) is -0.0348. The molecule has 0 aromatic rings. The number of allylic oxidation sites excluding steroid dienone is 4. The number of carbonyl (C=O) groups excluding carboxylic acids is 1. The molecule has 0 bridgehead atoms. The lowest BCUT2D eigenvalue weighted by atomic mass is 10.0. The van der Waals surface area contributed by atoms with Gasteiger partial charge < -0.3 is 15.5 Å². The van der Waals surface area contributed by atoms with E-state index in [-0.39, 0.29) is 12.5 Å². The number of hydrogen-bond acceptors (Lipinski definition) is 3. The molecule has 2 unspecified atom stereocenters. The molecule has 0 saturated carbocycles. The van der Waals surface area contributed by atoms with E-state index >= 15 is 0 Å². The summed E-state index contributed by atoms with van der Waals surface area (Å²) < 4.78 is 0. The van der Waals surface area contributed by atoms with Gasteiger partial charge in [0, 0.05) is 6.42 Å². The van der Waals surface area contributed by atoms with Gasteiger partial charge in [-0.3, -0.25) is 4.79 Å². The lowest BCUT2D eigenvalue weighted by Gasteiger charge is -2.22. The van der Waals surface area contributed by atoms with Crippen LogP contribution in [-0.2, 0) is 4.79 Å². The van der Waals surface area contributed by atoms with Crippen molar-refractivity contribution in [2.45, 2.75) is 341 Å². The number of aliphatic hydroxyl groups excluding tert-OH is 2. The van der Waals surface area contributed by atoms with Gasteiger partial charge >= 0.3 is 0 Å². The maximum absolute atomic E-state index is 12.5. The van der Waals surface area contributed by atoms with Crippen molar-refractivity contribution < 1.29 is 15.0 Å². The lowest BCUT2D eigenvalue weighted by Crippen LogP contribution is -2.45. The second-order valence-corrected chi connectivity index (χ2v) is 20.1. The Hall–Kier alpha value is -1.13. The Morgan fingerprint density at radius 1 is 0.381 bits per heavy atom. The van der Waals surface area contributed by atoms with Gasteiger partial charge in [-0.25, -0.2) is 0 Å². The number of carbonyl (C=O) groups is 1. The summed E-state index contributed by atoms with van der Waals surface area (Å²) in [6.07, 6.45) is 73.2. The number of aliphatic hydroxyl groups is 2. The molecule has 4 nitrogen and oxygen atoms in total. The first-order valence-electron chi connectivity index (χ1n) is 29.0. The third kappa shape index (κ3) is 51.7. The molecule has 0 heterocycles. The fourth-order valence-electron chi connectivity index (χ4n) is 9.28. The monoisotopic (exact) mass is 886 g/mol. The van der Waals surface area contributed by atoms with Crippen LogP contribution < -0.4 is 5.32 Å². The molecule has 0 aromatic carbocycles. The van der Waals surface area contributed by atoms with E-state index in [2.05, 4.69) is 43.5 Å². The maximum atomic E-state index is 12.5. The Balaban J connectivity index is 3.40. The van der Waals surface area contributed by atoms with Crippen LogP contribution >= 0.6 is 0 Å². The Kier molecular flexibility index (Phi) is 54.2. The molecule has 374 valence electrons. The summed E-state index contributed by atoms with van der Waals surface area (Å²) in [6, 6.07) is -0.540.